The molecule has 1 heterocycles. The smallest absolute Gasteiger partial charge is 0.150 e. The average Bonchev–Trinajstić information content (AvgIpc) is 2.33. The summed E-state index contributed by atoms with van der Waals surface area (Å²) >= 11 is 3.47. The van der Waals surface area contributed by atoms with Crippen LogP contribution in [0.3, 0.4) is 0 Å². The van der Waals surface area contributed by atoms with Gasteiger partial charge in [0.15, 0.2) is 0 Å². The van der Waals surface area contributed by atoms with Gasteiger partial charge in [0.1, 0.15) is 11.5 Å². The van der Waals surface area contributed by atoms with Gasteiger partial charge in [-0.3, -0.25) is 4.98 Å². The van der Waals surface area contributed by atoms with E-state index in [2.05, 4.69) is 20.9 Å². The van der Waals surface area contributed by atoms with Gasteiger partial charge in [-0.05, 0) is 46.6 Å². The fourth-order valence-corrected chi connectivity index (χ4v) is 2.05. The monoisotopic (exact) mass is 292 g/mol. The van der Waals surface area contributed by atoms with Gasteiger partial charge in [-0.2, -0.15) is 0 Å². The van der Waals surface area contributed by atoms with Crippen LogP contribution in [0.25, 0.3) is 0 Å². The molecule has 17 heavy (non-hydrogen) atoms. The van der Waals surface area contributed by atoms with Crippen LogP contribution in [0.15, 0.2) is 41.1 Å². The zero-order valence-electron chi connectivity index (χ0n) is 9.48. The summed E-state index contributed by atoms with van der Waals surface area (Å²) in [6, 6.07) is 7.79. The van der Waals surface area contributed by atoms with Crippen LogP contribution in [0.4, 0.5) is 0 Å². The van der Waals surface area contributed by atoms with Crippen LogP contribution in [0.5, 0.6) is 11.5 Å². The number of nitrogens with zero attached hydrogens (tertiary/aromatic N) is 1. The molecule has 2 aromatic rings. The average molecular weight is 293 g/mol. The summed E-state index contributed by atoms with van der Waals surface area (Å²) in [4.78, 5) is 4.04. The maximum absolute atomic E-state index is 5.80. The number of hydrogen-bond donors (Lipinski definition) is 1. The molecule has 0 bridgehead atoms. The topological polar surface area (TPSA) is 48.1 Å². The second-order valence-corrected chi connectivity index (χ2v) is 4.58. The number of hydrogen-bond acceptors (Lipinski definition) is 3. The standard InChI is InChI=1S/C13H13BrN2O/c1-9-2-3-12(11(14)6-9)17-13-8-16-5-4-10(13)7-15/h2-6,8H,7,15H2,1H3. The van der Waals surface area contributed by atoms with Crippen LogP contribution < -0.4 is 10.5 Å². The van der Waals surface area contributed by atoms with Gasteiger partial charge in [-0.15, -0.1) is 0 Å². The van der Waals surface area contributed by atoms with Crippen molar-refractivity contribution < 1.29 is 4.74 Å². The van der Waals surface area contributed by atoms with Crippen LogP contribution in [0, 0.1) is 6.92 Å². The van der Waals surface area contributed by atoms with Gasteiger partial charge >= 0.3 is 0 Å². The number of ether oxygens (including phenoxy) is 1. The van der Waals surface area contributed by atoms with Crippen molar-refractivity contribution in [3.63, 3.8) is 0 Å². The number of nitrogens with two attached hydrogens (primary N) is 1. The molecule has 0 radical (unpaired) electrons. The lowest BCUT2D eigenvalue weighted by molar-refractivity contribution is 0.471. The van der Waals surface area contributed by atoms with Crippen molar-refractivity contribution in [2.24, 2.45) is 5.73 Å². The molecular weight excluding hydrogens is 280 g/mol. The minimum atomic E-state index is 0.432. The molecule has 4 heteroatoms. The Morgan fingerprint density at radius 2 is 2.12 bits per heavy atom. The summed E-state index contributed by atoms with van der Waals surface area (Å²) in [6.07, 6.45) is 3.38. The van der Waals surface area contributed by atoms with Crippen LogP contribution >= 0.6 is 15.9 Å². The molecule has 3 nitrogen and oxygen atoms in total. The van der Waals surface area contributed by atoms with Crippen molar-refractivity contribution in [3.05, 3.63) is 52.3 Å². The number of rotatable bonds is 3. The third-order valence-electron chi connectivity index (χ3n) is 2.40. The van der Waals surface area contributed by atoms with E-state index < -0.39 is 0 Å². The SMILES string of the molecule is Cc1ccc(Oc2cnccc2CN)c(Br)c1. The maximum Gasteiger partial charge on any atom is 0.150 e. The summed E-state index contributed by atoms with van der Waals surface area (Å²) in [5, 5.41) is 0. The molecule has 1 aromatic heterocycles. The van der Waals surface area contributed by atoms with Gasteiger partial charge in [-0.1, -0.05) is 6.07 Å². The molecule has 2 N–H and O–H groups in total. The number of halogens is 1. The Bertz CT molecular complexity index is 529. The van der Waals surface area contributed by atoms with Crippen molar-refractivity contribution in [3.8, 4) is 11.5 Å². The zero-order valence-corrected chi connectivity index (χ0v) is 11.1. The van der Waals surface area contributed by atoms with E-state index in [1.54, 1.807) is 12.4 Å². The second kappa shape index (κ2) is 5.29. The zero-order chi connectivity index (χ0) is 12.3. The van der Waals surface area contributed by atoms with Crippen molar-refractivity contribution in [1.29, 1.82) is 0 Å². The predicted molar refractivity (Wildman–Crippen MR) is 71.1 cm³/mol. The predicted octanol–water partition coefficient (Wildman–Crippen LogP) is 3.40. The largest absolute Gasteiger partial charge is 0.454 e. The molecule has 0 atom stereocenters. The Morgan fingerprint density at radius 3 is 2.82 bits per heavy atom. The summed E-state index contributed by atoms with van der Waals surface area (Å²) < 4.78 is 6.72. The van der Waals surface area contributed by atoms with E-state index in [1.165, 1.54) is 5.56 Å². The Morgan fingerprint density at radius 1 is 1.29 bits per heavy atom. The third-order valence-corrected chi connectivity index (χ3v) is 3.02. The first kappa shape index (κ1) is 12.1. The van der Waals surface area contributed by atoms with Crippen molar-refractivity contribution >= 4 is 15.9 Å². The van der Waals surface area contributed by atoms with E-state index in [9.17, 15) is 0 Å². The Hall–Kier alpha value is -1.39. The van der Waals surface area contributed by atoms with E-state index in [1.807, 2.05) is 31.2 Å². The molecule has 0 unspecified atom stereocenters. The normalized spacial score (nSPS) is 10.3. The van der Waals surface area contributed by atoms with E-state index in [4.69, 9.17) is 10.5 Å². The fraction of sp³-hybridized carbons (Fsp3) is 0.154. The summed E-state index contributed by atoms with van der Waals surface area (Å²) in [6.45, 7) is 2.46. The van der Waals surface area contributed by atoms with Gasteiger partial charge in [0.25, 0.3) is 0 Å². The van der Waals surface area contributed by atoms with Crippen molar-refractivity contribution in [2.75, 3.05) is 0 Å². The molecule has 0 fully saturated rings. The highest BCUT2D eigenvalue weighted by Gasteiger charge is 2.06. The molecule has 0 saturated heterocycles. The lowest BCUT2D eigenvalue weighted by Gasteiger charge is -2.10. The molecule has 0 aliphatic rings. The van der Waals surface area contributed by atoms with Gasteiger partial charge in [0.2, 0.25) is 0 Å². The van der Waals surface area contributed by atoms with Gasteiger partial charge in [-0.25, -0.2) is 0 Å². The summed E-state index contributed by atoms with van der Waals surface area (Å²) in [7, 11) is 0. The third kappa shape index (κ3) is 2.84. The number of benzene rings is 1. The lowest BCUT2D eigenvalue weighted by atomic mass is 10.2. The Kier molecular flexibility index (Phi) is 3.76. The van der Waals surface area contributed by atoms with E-state index in [-0.39, 0.29) is 0 Å². The van der Waals surface area contributed by atoms with Gasteiger partial charge in [0.05, 0.1) is 10.7 Å². The van der Waals surface area contributed by atoms with Crippen LogP contribution in [0.1, 0.15) is 11.1 Å². The highest BCUT2D eigenvalue weighted by molar-refractivity contribution is 9.10. The molecule has 0 aliphatic carbocycles. The molecule has 2 rings (SSSR count). The van der Waals surface area contributed by atoms with Crippen molar-refractivity contribution in [2.45, 2.75) is 13.5 Å². The highest BCUT2D eigenvalue weighted by Crippen LogP contribution is 2.31. The van der Waals surface area contributed by atoms with E-state index >= 15 is 0 Å². The van der Waals surface area contributed by atoms with E-state index in [0.29, 0.717) is 12.3 Å². The quantitative estimate of drug-likeness (QED) is 0.943. The van der Waals surface area contributed by atoms with Crippen LogP contribution in [0.2, 0.25) is 0 Å². The molecule has 88 valence electrons. The number of pyridine rings is 1. The Balaban J connectivity index is 2.31. The highest BCUT2D eigenvalue weighted by atomic mass is 79.9. The summed E-state index contributed by atoms with van der Waals surface area (Å²) in [5.74, 6) is 1.46. The first-order chi connectivity index (χ1) is 8.20. The molecule has 0 saturated carbocycles. The number of aromatic nitrogens is 1. The van der Waals surface area contributed by atoms with Gasteiger partial charge in [0, 0.05) is 18.3 Å². The lowest BCUT2D eigenvalue weighted by Crippen LogP contribution is -2.00. The first-order valence-corrected chi connectivity index (χ1v) is 6.07. The molecule has 0 amide bonds. The molecular formula is C13H13BrN2O. The number of aryl methyl sites for hydroxylation is 1. The minimum absolute atomic E-state index is 0.432. The van der Waals surface area contributed by atoms with Gasteiger partial charge < -0.3 is 10.5 Å². The molecule has 0 aliphatic heterocycles. The Labute approximate surface area is 109 Å². The second-order valence-electron chi connectivity index (χ2n) is 3.72. The van der Waals surface area contributed by atoms with Crippen molar-refractivity contribution in [1.82, 2.24) is 4.98 Å². The molecule has 0 spiro atoms. The summed E-state index contributed by atoms with van der Waals surface area (Å²) in [5.41, 5.74) is 7.76. The minimum Gasteiger partial charge on any atom is -0.454 e. The first-order valence-electron chi connectivity index (χ1n) is 5.27. The van der Waals surface area contributed by atoms with Crippen LogP contribution in [-0.4, -0.2) is 4.98 Å². The molecule has 1 aromatic carbocycles. The van der Waals surface area contributed by atoms with Crippen LogP contribution in [-0.2, 0) is 6.54 Å². The van der Waals surface area contributed by atoms with E-state index in [0.717, 1.165) is 15.8 Å². The fourth-order valence-electron chi connectivity index (χ4n) is 1.48. The maximum atomic E-state index is 5.80.